The fraction of sp³-hybridized carbons (Fsp3) is 0. The highest BCUT2D eigenvalue weighted by Crippen LogP contribution is 2.30. The molecule has 0 aromatic heterocycles. The maximum atomic E-state index is 13.6. The molecule has 0 aliphatic rings. The first-order valence-electron chi connectivity index (χ1n) is 5.56. The minimum Gasteiger partial charge on any atom is -0.298 e. The van der Waals surface area contributed by atoms with E-state index in [1.807, 2.05) is 0 Å². The molecule has 0 bridgehead atoms. The van der Waals surface area contributed by atoms with E-state index in [1.54, 1.807) is 0 Å². The summed E-state index contributed by atoms with van der Waals surface area (Å²) in [5.41, 5.74) is 0.453. The van der Waals surface area contributed by atoms with E-state index in [0.717, 1.165) is 12.1 Å². The van der Waals surface area contributed by atoms with Crippen LogP contribution in [0.1, 0.15) is 10.4 Å². The van der Waals surface area contributed by atoms with Crippen molar-refractivity contribution in [3.05, 3.63) is 57.8 Å². The van der Waals surface area contributed by atoms with Gasteiger partial charge in [-0.3, -0.25) is 9.52 Å². The van der Waals surface area contributed by atoms with Crippen molar-refractivity contribution in [2.75, 3.05) is 4.72 Å². The van der Waals surface area contributed by atoms with Gasteiger partial charge in [0, 0.05) is 11.3 Å². The molecule has 8 heteroatoms. The van der Waals surface area contributed by atoms with Crippen molar-refractivity contribution in [1.82, 2.24) is 0 Å². The van der Waals surface area contributed by atoms with Crippen LogP contribution in [0.5, 0.6) is 0 Å². The molecule has 0 heterocycles. The number of halogens is 3. The third-order valence-corrected chi connectivity index (χ3v) is 4.76. The summed E-state index contributed by atoms with van der Waals surface area (Å²) in [5, 5.41) is -0.872. The number of carbonyl (C=O) groups is 1. The van der Waals surface area contributed by atoms with Gasteiger partial charge < -0.3 is 0 Å². The molecule has 0 fully saturated rings. The van der Waals surface area contributed by atoms with Crippen molar-refractivity contribution >= 4 is 45.2 Å². The molecule has 0 aliphatic heterocycles. The second-order valence-electron chi connectivity index (χ2n) is 4.02. The molecule has 0 aliphatic carbocycles. The lowest BCUT2D eigenvalue weighted by molar-refractivity contribution is 0.112. The SMILES string of the molecule is O=Cc1cccc(NS(=O)(=O)c2ccc(Cl)c(F)c2Cl)c1. The Kier molecular flexibility index (Phi) is 4.51. The number of aldehydes is 1. The predicted octanol–water partition coefficient (Wildman–Crippen LogP) is 3.75. The topological polar surface area (TPSA) is 63.2 Å². The van der Waals surface area contributed by atoms with Crippen LogP contribution in [0.3, 0.4) is 0 Å². The summed E-state index contributed by atoms with van der Waals surface area (Å²) in [4.78, 5) is 10.2. The van der Waals surface area contributed by atoms with Crippen molar-refractivity contribution < 1.29 is 17.6 Å². The van der Waals surface area contributed by atoms with E-state index < -0.39 is 25.8 Å². The maximum Gasteiger partial charge on any atom is 0.263 e. The third-order valence-electron chi connectivity index (χ3n) is 2.56. The van der Waals surface area contributed by atoms with Crippen LogP contribution in [0.2, 0.25) is 10.0 Å². The highest BCUT2D eigenvalue weighted by molar-refractivity contribution is 7.92. The number of nitrogens with one attached hydrogen (secondary N) is 1. The van der Waals surface area contributed by atoms with E-state index in [-0.39, 0.29) is 10.7 Å². The molecule has 0 spiro atoms. The van der Waals surface area contributed by atoms with Gasteiger partial charge in [0.1, 0.15) is 11.2 Å². The average molecular weight is 348 g/mol. The molecule has 0 amide bonds. The standard InChI is InChI=1S/C13H8Cl2FNO3S/c14-10-4-5-11(12(15)13(10)16)21(19,20)17-9-3-1-2-8(6-9)7-18/h1-7,17H. The number of rotatable bonds is 4. The minimum atomic E-state index is -4.10. The van der Waals surface area contributed by atoms with Crippen LogP contribution in [0.4, 0.5) is 10.1 Å². The number of hydrogen-bond acceptors (Lipinski definition) is 3. The summed E-state index contributed by atoms with van der Waals surface area (Å²) < 4.78 is 40.2. The van der Waals surface area contributed by atoms with Crippen LogP contribution in [0.15, 0.2) is 41.3 Å². The molecule has 0 unspecified atom stereocenters. The van der Waals surface area contributed by atoms with Gasteiger partial charge in [0.15, 0.2) is 5.82 Å². The summed E-state index contributed by atoms with van der Waals surface area (Å²) in [5.74, 6) is -1.01. The van der Waals surface area contributed by atoms with Gasteiger partial charge >= 0.3 is 0 Å². The molecular formula is C13H8Cl2FNO3S. The first kappa shape index (κ1) is 15.8. The molecule has 0 radical (unpaired) electrons. The molecule has 2 aromatic carbocycles. The number of anilines is 1. The van der Waals surface area contributed by atoms with Gasteiger partial charge in [0.2, 0.25) is 0 Å². The van der Waals surface area contributed by atoms with Crippen molar-refractivity contribution in [3.8, 4) is 0 Å². The summed E-state index contributed by atoms with van der Waals surface area (Å²) in [6.07, 6.45) is 0.576. The first-order valence-corrected chi connectivity index (χ1v) is 7.80. The third kappa shape index (κ3) is 3.34. The Morgan fingerprint density at radius 2 is 1.86 bits per heavy atom. The Hall–Kier alpha value is -1.63. The fourth-order valence-electron chi connectivity index (χ4n) is 1.60. The highest BCUT2D eigenvalue weighted by Gasteiger charge is 2.22. The lowest BCUT2D eigenvalue weighted by Gasteiger charge is -2.10. The van der Waals surface area contributed by atoms with E-state index in [0.29, 0.717) is 11.8 Å². The van der Waals surface area contributed by atoms with Crippen LogP contribution < -0.4 is 4.72 Å². The second kappa shape index (κ2) is 6.01. The van der Waals surface area contributed by atoms with Crippen LogP contribution in [-0.4, -0.2) is 14.7 Å². The van der Waals surface area contributed by atoms with Crippen LogP contribution in [0.25, 0.3) is 0 Å². The van der Waals surface area contributed by atoms with E-state index in [2.05, 4.69) is 4.72 Å². The lowest BCUT2D eigenvalue weighted by atomic mass is 10.2. The highest BCUT2D eigenvalue weighted by atomic mass is 35.5. The Morgan fingerprint density at radius 1 is 1.14 bits per heavy atom. The Bertz CT molecular complexity index is 809. The Morgan fingerprint density at radius 3 is 2.52 bits per heavy atom. The van der Waals surface area contributed by atoms with E-state index in [9.17, 15) is 17.6 Å². The quantitative estimate of drug-likeness (QED) is 0.676. The number of benzene rings is 2. The predicted molar refractivity (Wildman–Crippen MR) is 79.1 cm³/mol. The Labute approximate surface area is 130 Å². The first-order chi connectivity index (χ1) is 9.85. The lowest BCUT2D eigenvalue weighted by Crippen LogP contribution is -2.14. The van der Waals surface area contributed by atoms with Gasteiger partial charge in [-0.05, 0) is 24.3 Å². The molecule has 4 nitrogen and oxygen atoms in total. The second-order valence-corrected chi connectivity index (χ2v) is 6.46. The smallest absolute Gasteiger partial charge is 0.263 e. The van der Waals surface area contributed by atoms with Gasteiger partial charge in [-0.25, -0.2) is 12.8 Å². The Balaban J connectivity index is 2.43. The van der Waals surface area contributed by atoms with Crippen LogP contribution in [-0.2, 0) is 10.0 Å². The minimum absolute atomic E-state index is 0.158. The molecule has 1 N–H and O–H groups in total. The molecular weight excluding hydrogens is 340 g/mol. The monoisotopic (exact) mass is 347 g/mol. The summed E-state index contributed by atoms with van der Waals surface area (Å²) >= 11 is 11.2. The van der Waals surface area contributed by atoms with Crippen molar-refractivity contribution in [1.29, 1.82) is 0 Å². The molecule has 110 valence electrons. The van der Waals surface area contributed by atoms with Gasteiger partial charge in [-0.2, -0.15) is 0 Å². The molecule has 2 aromatic rings. The summed E-state index contributed by atoms with van der Waals surface area (Å²) in [7, 11) is -4.10. The van der Waals surface area contributed by atoms with E-state index >= 15 is 0 Å². The molecule has 0 saturated heterocycles. The fourth-order valence-corrected chi connectivity index (χ4v) is 3.40. The molecule has 0 atom stereocenters. The molecule has 2 rings (SSSR count). The van der Waals surface area contributed by atoms with E-state index in [1.165, 1.54) is 24.3 Å². The summed E-state index contributed by atoms with van der Waals surface area (Å²) in [6.45, 7) is 0. The normalized spacial score (nSPS) is 11.2. The summed E-state index contributed by atoms with van der Waals surface area (Å²) in [6, 6.07) is 8.00. The zero-order valence-corrected chi connectivity index (χ0v) is 12.6. The van der Waals surface area contributed by atoms with Gasteiger partial charge in [-0.1, -0.05) is 35.3 Å². The van der Waals surface area contributed by atoms with E-state index in [4.69, 9.17) is 23.2 Å². The molecule has 0 saturated carbocycles. The van der Waals surface area contributed by atoms with Gasteiger partial charge in [0.05, 0.1) is 10.0 Å². The van der Waals surface area contributed by atoms with Crippen molar-refractivity contribution in [2.45, 2.75) is 4.90 Å². The van der Waals surface area contributed by atoms with Crippen LogP contribution >= 0.6 is 23.2 Å². The van der Waals surface area contributed by atoms with Gasteiger partial charge in [-0.15, -0.1) is 0 Å². The zero-order valence-electron chi connectivity index (χ0n) is 10.3. The van der Waals surface area contributed by atoms with Crippen molar-refractivity contribution in [3.63, 3.8) is 0 Å². The molecule has 21 heavy (non-hydrogen) atoms. The zero-order chi connectivity index (χ0) is 15.6. The number of sulfonamides is 1. The number of hydrogen-bond donors (Lipinski definition) is 1. The van der Waals surface area contributed by atoms with Crippen LogP contribution in [0, 0.1) is 5.82 Å². The average Bonchev–Trinajstić information content (AvgIpc) is 2.44. The largest absolute Gasteiger partial charge is 0.298 e. The number of carbonyl (C=O) groups excluding carboxylic acids is 1. The van der Waals surface area contributed by atoms with Crippen molar-refractivity contribution in [2.24, 2.45) is 0 Å². The maximum absolute atomic E-state index is 13.6. The van der Waals surface area contributed by atoms with Gasteiger partial charge in [0.25, 0.3) is 10.0 Å².